The van der Waals surface area contributed by atoms with Crippen LogP contribution in [0.15, 0.2) is 23.1 Å². The molecule has 1 aliphatic rings. The molecule has 2 rings (SSSR count). The van der Waals surface area contributed by atoms with Gasteiger partial charge >= 0.3 is 5.97 Å². The minimum atomic E-state index is -3.52. The van der Waals surface area contributed by atoms with Crippen LogP contribution in [0, 0.1) is 5.92 Å². The van der Waals surface area contributed by atoms with Crippen LogP contribution in [-0.4, -0.2) is 46.7 Å². The predicted molar refractivity (Wildman–Crippen MR) is 85.1 cm³/mol. The molecule has 0 heterocycles. The Kier molecular flexibility index (Phi) is 5.38. The summed E-state index contributed by atoms with van der Waals surface area (Å²) in [5.74, 6) is -0.313. The van der Waals surface area contributed by atoms with Crippen LogP contribution in [0.5, 0.6) is 0 Å². The zero-order chi connectivity index (χ0) is 17.0. The van der Waals surface area contributed by atoms with E-state index in [1.54, 1.807) is 0 Å². The minimum absolute atomic E-state index is 0.0540. The van der Waals surface area contributed by atoms with Crippen LogP contribution in [0.25, 0.3) is 0 Å². The number of anilines is 1. The van der Waals surface area contributed by atoms with E-state index in [-0.39, 0.29) is 28.6 Å². The molecule has 23 heavy (non-hydrogen) atoms. The number of amides is 1. The van der Waals surface area contributed by atoms with Gasteiger partial charge in [-0.1, -0.05) is 0 Å². The average molecular weight is 340 g/mol. The first kappa shape index (κ1) is 17.4. The van der Waals surface area contributed by atoms with Gasteiger partial charge in [0.1, 0.15) is 0 Å². The lowest BCUT2D eigenvalue weighted by atomic mass is 10.2. The summed E-state index contributed by atoms with van der Waals surface area (Å²) in [6.45, 7) is 0.928. The molecule has 1 fully saturated rings. The number of esters is 1. The van der Waals surface area contributed by atoms with E-state index in [0.717, 1.165) is 12.8 Å². The van der Waals surface area contributed by atoms with Crippen molar-refractivity contribution >= 4 is 27.4 Å². The van der Waals surface area contributed by atoms with Crippen LogP contribution in [-0.2, 0) is 19.4 Å². The third kappa shape index (κ3) is 5.33. The molecule has 0 unspecified atom stereocenters. The van der Waals surface area contributed by atoms with Crippen LogP contribution in [0.1, 0.15) is 23.2 Å². The first-order chi connectivity index (χ1) is 10.8. The smallest absolute Gasteiger partial charge is 0.337 e. The number of hydrogen-bond donors (Lipinski definition) is 2. The summed E-state index contributed by atoms with van der Waals surface area (Å²) < 4.78 is 28.0. The van der Waals surface area contributed by atoms with Crippen molar-refractivity contribution in [1.29, 1.82) is 0 Å². The van der Waals surface area contributed by atoms with Crippen molar-refractivity contribution in [2.75, 3.05) is 31.8 Å². The fourth-order valence-electron chi connectivity index (χ4n) is 2.04. The van der Waals surface area contributed by atoms with Gasteiger partial charge in [0.05, 0.1) is 24.1 Å². The van der Waals surface area contributed by atoms with Crippen molar-refractivity contribution in [2.24, 2.45) is 5.92 Å². The van der Waals surface area contributed by atoms with Gasteiger partial charge in [-0.25, -0.2) is 13.2 Å². The highest BCUT2D eigenvalue weighted by molar-refractivity contribution is 7.90. The normalized spacial score (nSPS) is 14.3. The zero-order valence-electron chi connectivity index (χ0n) is 13.1. The van der Waals surface area contributed by atoms with Crippen molar-refractivity contribution < 1.29 is 22.7 Å². The molecule has 0 aromatic heterocycles. The highest BCUT2D eigenvalue weighted by Gasteiger charge is 2.21. The van der Waals surface area contributed by atoms with Crippen molar-refractivity contribution in [3.05, 3.63) is 23.8 Å². The van der Waals surface area contributed by atoms with Crippen molar-refractivity contribution in [2.45, 2.75) is 17.7 Å². The average Bonchev–Trinajstić information content (AvgIpc) is 3.29. The van der Waals surface area contributed by atoms with Gasteiger partial charge in [0.15, 0.2) is 9.84 Å². The van der Waals surface area contributed by atoms with Crippen LogP contribution in [0.4, 0.5) is 5.69 Å². The lowest BCUT2D eigenvalue weighted by molar-refractivity contribution is -0.115. The SMILES string of the molecule is COC(=O)c1cc(NC(=O)CNCC2CC2)cc(S(C)(=O)=O)c1. The second-order valence-electron chi connectivity index (χ2n) is 5.63. The van der Waals surface area contributed by atoms with Gasteiger partial charge in [0, 0.05) is 11.9 Å². The number of hydrogen-bond acceptors (Lipinski definition) is 6. The summed E-state index contributed by atoms with van der Waals surface area (Å²) in [5, 5.41) is 5.63. The topological polar surface area (TPSA) is 102 Å². The Hall–Kier alpha value is -1.93. The minimum Gasteiger partial charge on any atom is -0.465 e. The summed E-state index contributed by atoms with van der Waals surface area (Å²) >= 11 is 0. The number of methoxy groups -OCH3 is 1. The predicted octanol–water partition coefficient (Wildman–Crippen LogP) is 0.815. The van der Waals surface area contributed by atoms with Crippen LogP contribution >= 0.6 is 0 Å². The Morgan fingerprint density at radius 3 is 2.52 bits per heavy atom. The fourth-order valence-corrected chi connectivity index (χ4v) is 2.72. The number of sulfone groups is 1. The van der Waals surface area contributed by atoms with Gasteiger partial charge in [0.25, 0.3) is 0 Å². The molecule has 0 saturated heterocycles. The van der Waals surface area contributed by atoms with E-state index < -0.39 is 15.8 Å². The summed E-state index contributed by atoms with van der Waals surface area (Å²) in [7, 11) is -2.32. The number of carbonyl (C=O) groups is 2. The Morgan fingerprint density at radius 2 is 1.96 bits per heavy atom. The van der Waals surface area contributed by atoms with E-state index in [1.807, 2.05) is 0 Å². The monoisotopic (exact) mass is 340 g/mol. The van der Waals surface area contributed by atoms with Gasteiger partial charge in [-0.05, 0) is 43.5 Å². The van der Waals surface area contributed by atoms with Gasteiger partial charge < -0.3 is 15.4 Å². The largest absolute Gasteiger partial charge is 0.465 e. The summed E-state index contributed by atoms with van der Waals surface area (Å²) in [5.41, 5.74) is 0.309. The molecule has 0 radical (unpaired) electrons. The molecule has 0 spiro atoms. The third-order valence-corrected chi connectivity index (χ3v) is 4.55. The number of carbonyl (C=O) groups excluding carboxylic acids is 2. The first-order valence-electron chi connectivity index (χ1n) is 7.23. The van der Waals surface area contributed by atoms with Crippen molar-refractivity contribution in [3.63, 3.8) is 0 Å². The number of ether oxygens (including phenoxy) is 1. The zero-order valence-corrected chi connectivity index (χ0v) is 13.9. The number of benzene rings is 1. The Balaban J connectivity index is 2.12. The van der Waals surface area contributed by atoms with E-state index in [0.29, 0.717) is 5.92 Å². The Morgan fingerprint density at radius 1 is 1.26 bits per heavy atom. The van der Waals surface area contributed by atoms with E-state index in [4.69, 9.17) is 0 Å². The maximum absolute atomic E-state index is 11.9. The lowest BCUT2D eigenvalue weighted by Gasteiger charge is -2.10. The molecule has 126 valence electrons. The molecule has 1 amide bonds. The second kappa shape index (κ2) is 7.10. The first-order valence-corrected chi connectivity index (χ1v) is 9.13. The molecule has 0 aliphatic heterocycles. The summed E-state index contributed by atoms with van der Waals surface area (Å²) in [6, 6.07) is 3.93. The quantitative estimate of drug-likeness (QED) is 0.713. The van der Waals surface area contributed by atoms with E-state index in [1.165, 1.54) is 38.2 Å². The van der Waals surface area contributed by atoms with Crippen molar-refractivity contribution in [1.82, 2.24) is 5.32 Å². The maximum atomic E-state index is 11.9. The number of nitrogens with one attached hydrogen (secondary N) is 2. The third-order valence-electron chi connectivity index (χ3n) is 3.46. The van der Waals surface area contributed by atoms with Crippen LogP contribution < -0.4 is 10.6 Å². The standard InChI is InChI=1S/C15H20N2O5S/c1-22-15(19)11-5-12(7-13(6-11)23(2,20)21)17-14(18)9-16-8-10-3-4-10/h5-7,10,16H,3-4,8-9H2,1-2H3,(H,17,18). The van der Waals surface area contributed by atoms with Gasteiger partial charge in [-0.2, -0.15) is 0 Å². The molecule has 1 saturated carbocycles. The highest BCUT2D eigenvalue weighted by atomic mass is 32.2. The molecular weight excluding hydrogens is 320 g/mol. The van der Waals surface area contributed by atoms with Crippen LogP contribution in [0.2, 0.25) is 0 Å². The molecule has 1 aromatic rings. The van der Waals surface area contributed by atoms with Crippen LogP contribution in [0.3, 0.4) is 0 Å². The van der Waals surface area contributed by atoms with Gasteiger partial charge in [0.2, 0.25) is 5.91 Å². The maximum Gasteiger partial charge on any atom is 0.337 e. The molecule has 1 aromatic carbocycles. The fraction of sp³-hybridized carbons (Fsp3) is 0.467. The molecule has 0 bridgehead atoms. The molecule has 0 atom stereocenters. The molecule has 8 heteroatoms. The van der Waals surface area contributed by atoms with Crippen molar-refractivity contribution in [3.8, 4) is 0 Å². The Labute approximate surface area is 135 Å². The molecule has 7 nitrogen and oxygen atoms in total. The van der Waals surface area contributed by atoms with E-state index in [2.05, 4.69) is 15.4 Å². The Bertz CT molecular complexity index is 711. The highest BCUT2D eigenvalue weighted by Crippen LogP contribution is 2.27. The van der Waals surface area contributed by atoms with E-state index in [9.17, 15) is 18.0 Å². The van der Waals surface area contributed by atoms with E-state index >= 15 is 0 Å². The summed E-state index contributed by atoms with van der Waals surface area (Å²) in [6.07, 6.45) is 3.41. The molecular formula is C15H20N2O5S. The molecule has 1 aliphatic carbocycles. The van der Waals surface area contributed by atoms with Gasteiger partial charge in [-0.3, -0.25) is 4.79 Å². The molecule has 2 N–H and O–H groups in total. The second-order valence-corrected chi connectivity index (χ2v) is 7.65. The summed E-state index contributed by atoms with van der Waals surface area (Å²) in [4.78, 5) is 23.5. The lowest BCUT2D eigenvalue weighted by Crippen LogP contribution is -2.29. The number of rotatable bonds is 7. The van der Waals surface area contributed by atoms with Gasteiger partial charge in [-0.15, -0.1) is 0 Å².